The van der Waals surface area contributed by atoms with Crippen molar-refractivity contribution in [3.8, 4) is 0 Å². The second-order valence-corrected chi connectivity index (χ2v) is 6.61. The smallest absolute Gasteiger partial charge is 0.177 e. The molecule has 0 saturated carbocycles. The molecule has 1 aromatic rings. The molecule has 0 spiro atoms. The number of carbonyl (C=O) groups excluding carboxylic acids is 1. The van der Waals surface area contributed by atoms with Crippen LogP contribution >= 0.6 is 11.3 Å². The fourth-order valence-corrected chi connectivity index (χ4v) is 3.54. The molecule has 3 nitrogen and oxygen atoms in total. The molecular formula is C14H22N2OS. The fourth-order valence-electron chi connectivity index (χ4n) is 2.60. The summed E-state index contributed by atoms with van der Waals surface area (Å²) in [5, 5.41) is 3.36. The van der Waals surface area contributed by atoms with Crippen molar-refractivity contribution in [1.29, 1.82) is 0 Å². The summed E-state index contributed by atoms with van der Waals surface area (Å²) in [6.45, 7) is 6.78. The van der Waals surface area contributed by atoms with Crippen molar-refractivity contribution in [2.24, 2.45) is 0 Å². The van der Waals surface area contributed by atoms with E-state index < -0.39 is 0 Å². The van der Waals surface area contributed by atoms with Gasteiger partial charge in [0, 0.05) is 21.4 Å². The molecule has 0 bridgehead atoms. The van der Waals surface area contributed by atoms with E-state index in [4.69, 9.17) is 0 Å². The van der Waals surface area contributed by atoms with Crippen LogP contribution < -0.4 is 5.32 Å². The van der Waals surface area contributed by atoms with Crippen LogP contribution in [0.5, 0.6) is 0 Å². The van der Waals surface area contributed by atoms with E-state index in [1.807, 2.05) is 13.0 Å². The lowest BCUT2D eigenvalue weighted by atomic mass is 10.0. The Bertz CT molecular complexity index is 421. The van der Waals surface area contributed by atoms with Crippen molar-refractivity contribution in [2.75, 3.05) is 26.7 Å². The van der Waals surface area contributed by atoms with Crippen LogP contribution in [-0.4, -0.2) is 43.4 Å². The summed E-state index contributed by atoms with van der Waals surface area (Å²) >= 11 is 1.71. The van der Waals surface area contributed by atoms with E-state index in [-0.39, 0.29) is 5.78 Å². The van der Waals surface area contributed by atoms with Gasteiger partial charge in [0.05, 0.1) is 6.54 Å². The molecule has 0 aromatic carbocycles. The number of aryl methyl sites for hydroxylation is 2. The van der Waals surface area contributed by atoms with Crippen LogP contribution in [-0.2, 0) is 0 Å². The van der Waals surface area contributed by atoms with Gasteiger partial charge in [-0.2, -0.15) is 0 Å². The molecule has 0 atom stereocenters. The Kier molecular flexibility index (Phi) is 4.54. The number of nitrogens with one attached hydrogen (secondary N) is 1. The van der Waals surface area contributed by atoms with E-state index in [1.165, 1.54) is 4.88 Å². The van der Waals surface area contributed by atoms with Crippen molar-refractivity contribution in [3.05, 3.63) is 21.4 Å². The van der Waals surface area contributed by atoms with E-state index in [0.29, 0.717) is 12.6 Å². The largest absolute Gasteiger partial charge is 0.317 e. The Morgan fingerprint density at radius 2 is 2.11 bits per heavy atom. The van der Waals surface area contributed by atoms with Gasteiger partial charge in [-0.25, -0.2) is 0 Å². The molecule has 2 heterocycles. The maximum absolute atomic E-state index is 12.3. The van der Waals surface area contributed by atoms with Gasteiger partial charge in [0.2, 0.25) is 0 Å². The van der Waals surface area contributed by atoms with Gasteiger partial charge in [0.1, 0.15) is 0 Å². The molecule has 1 aliphatic heterocycles. The van der Waals surface area contributed by atoms with Crippen molar-refractivity contribution in [3.63, 3.8) is 0 Å². The van der Waals surface area contributed by atoms with Crippen molar-refractivity contribution < 1.29 is 4.79 Å². The second kappa shape index (κ2) is 5.95. The number of carbonyl (C=O) groups is 1. The molecule has 1 N–H and O–H groups in total. The van der Waals surface area contributed by atoms with E-state index >= 15 is 0 Å². The summed E-state index contributed by atoms with van der Waals surface area (Å²) in [4.78, 5) is 16.9. The minimum Gasteiger partial charge on any atom is -0.317 e. The number of hydrogen-bond donors (Lipinski definition) is 1. The number of likely N-dealkylation sites (N-methyl/N-ethyl adjacent to an activating group) is 1. The molecule has 0 unspecified atom stereocenters. The van der Waals surface area contributed by atoms with Crippen molar-refractivity contribution >= 4 is 17.1 Å². The third-order valence-corrected chi connectivity index (χ3v) is 4.63. The minimum atomic E-state index is 0.262. The van der Waals surface area contributed by atoms with Crippen molar-refractivity contribution in [2.45, 2.75) is 32.7 Å². The number of rotatable bonds is 4. The van der Waals surface area contributed by atoms with Gasteiger partial charge in [-0.15, -0.1) is 11.3 Å². The molecular weight excluding hydrogens is 244 g/mol. The number of ketones is 1. The number of piperidine rings is 1. The van der Waals surface area contributed by atoms with E-state index in [9.17, 15) is 4.79 Å². The van der Waals surface area contributed by atoms with Crippen LogP contribution in [0.3, 0.4) is 0 Å². The third-order valence-electron chi connectivity index (χ3n) is 3.67. The Balaban J connectivity index is 1.96. The number of hydrogen-bond acceptors (Lipinski definition) is 4. The van der Waals surface area contributed by atoms with Gasteiger partial charge in [0.15, 0.2) is 5.78 Å². The monoisotopic (exact) mass is 266 g/mol. The van der Waals surface area contributed by atoms with E-state index in [0.717, 1.165) is 36.4 Å². The predicted octanol–water partition coefficient (Wildman–Crippen LogP) is 2.23. The average molecular weight is 266 g/mol. The first-order valence-electron chi connectivity index (χ1n) is 6.59. The summed E-state index contributed by atoms with van der Waals surface area (Å²) in [6.07, 6.45) is 2.29. The summed E-state index contributed by atoms with van der Waals surface area (Å²) in [6, 6.07) is 2.58. The van der Waals surface area contributed by atoms with Crippen LogP contribution in [0.25, 0.3) is 0 Å². The van der Waals surface area contributed by atoms with E-state index in [2.05, 4.69) is 24.2 Å². The topological polar surface area (TPSA) is 32.3 Å². The number of Topliss-reactive ketones (excluding diaryl/α,β-unsaturated/α-hetero) is 1. The normalized spacial score (nSPS) is 17.3. The lowest BCUT2D eigenvalue weighted by Gasteiger charge is -2.31. The second-order valence-electron chi connectivity index (χ2n) is 5.15. The lowest BCUT2D eigenvalue weighted by molar-refractivity contribution is 0.0903. The van der Waals surface area contributed by atoms with E-state index in [1.54, 1.807) is 11.3 Å². The van der Waals surface area contributed by atoms with Gasteiger partial charge in [0.25, 0.3) is 0 Å². The maximum Gasteiger partial charge on any atom is 0.177 e. The highest BCUT2D eigenvalue weighted by molar-refractivity contribution is 7.12. The van der Waals surface area contributed by atoms with Crippen LogP contribution in [0, 0.1) is 13.8 Å². The van der Waals surface area contributed by atoms with Crippen LogP contribution in [0.15, 0.2) is 6.07 Å². The van der Waals surface area contributed by atoms with Gasteiger partial charge in [-0.1, -0.05) is 0 Å². The molecule has 0 aliphatic carbocycles. The molecule has 0 radical (unpaired) electrons. The number of thiophene rings is 1. The Labute approximate surface area is 113 Å². The molecule has 4 heteroatoms. The lowest BCUT2D eigenvalue weighted by Crippen LogP contribution is -2.43. The quantitative estimate of drug-likeness (QED) is 0.848. The first-order chi connectivity index (χ1) is 8.58. The zero-order valence-corrected chi connectivity index (χ0v) is 12.3. The standard InChI is InChI=1S/C14H22N2OS/c1-10-8-13(11(2)18-10)14(17)9-16(3)12-4-6-15-7-5-12/h8,12,15H,4-7,9H2,1-3H3. The molecule has 1 aromatic heterocycles. The first kappa shape index (κ1) is 13.7. The molecule has 2 rings (SSSR count). The summed E-state index contributed by atoms with van der Waals surface area (Å²) in [7, 11) is 2.07. The predicted molar refractivity (Wildman–Crippen MR) is 76.6 cm³/mol. The molecule has 100 valence electrons. The summed E-state index contributed by atoms with van der Waals surface area (Å²) in [5.74, 6) is 0.262. The van der Waals surface area contributed by atoms with Gasteiger partial charge in [-0.05, 0) is 52.9 Å². The highest BCUT2D eigenvalue weighted by Gasteiger charge is 2.21. The summed E-state index contributed by atoms with van der Waals surface area (Å²) < 4.78 is 0. The summed E-state index contributed by atoms with van der Waals surface area (Å²) in [5.41, 5.74) is 0.915. The Morgan fingerprint density at radius 1 is 1.44 bits per heavy atom. The zero-order valence-electron chi connectivity index (χ0n) is 11.5. The zero-order chi connectivity index (χ0) is 13.1. The fraction of sp³-hybridized carbons (Fsp3) is 0.643. The molecule has 1 fully saturated rings. The van der Waals surface area contributed by atoms with Gasteiger partial charge >= 0.3 is 0 Å². The van der Waals surface area contributed by atoms with Gasteiger partial charge < -0.3 is 5.32 Å². The van der Waals surface area contributed by atoms with Crippen LogP contribution in [0.2, 0.25) is 0 Å². The first-order valence-corrected chi connectivity index (χ1v) is 7.41. The SMILES string of the molecule is Cc1cc(C(=O)CN(C)C2CCNCC2)c(C)s1. The van der Waals surface area contributed by atoms with Crippen LogP contribution in [0.1, 0.15) is 33.0 Å². The van der Waals surface area contributed by atoms with Crippen LogP contribution in [0.4, 0.5) is 0 Å². The minimum absolute atomic E-state index is 0.262. The molecule has 1 saturated heterocycles. The van der Waals surface area contributed by atoms with Gasteiger partial charge in [-0.3, -0.25) is 9.69 Å². The third kappa shape index (κ3) is 3.19. The Morgan fingerprint density at radius 3 is 2.67 bits per heavy atom. The number of nitrogens with zero attached hydrogens (tertiary/aromatic N) is 1. The molecule has 1 aliphatic rings. The highest BCUT2D eigenvalue weighted by atomic mass is 32.1. The van der Waals surface area contributed by atoms with Crippen molar-refractivity contribution in [1.82, 2.24) is 10.2 Å². The highest BCUT2D eigenvalue weighted by Crippen LogP contribution is 2.21. The Hall–Kier alpha value is -0.710. The average Bonchev–Trinajstić information content (AvgIpc) is 2.69. The molecule has 18 heavy (non-hydrogen) atoms. The molecule has 0 amide bonds. The maximum atomic E-state index is 12.3.